The molecule has 9 aromatic carbocycles. The number of aryl methyl sites for hydroxylation is 1. The largest absolute Gasteiger partial charge is 0.311 e. The van der Waals surface area contributed by atoms with Crippen LogP contribution < -0.4 is 26.2 Å². The molecule has 9 aromatic rings. The fraction of sp³-hybridized carbons (Fsp3) is 0.0526. The van der Waals surface area contributed by atoms with E-state index in [0.29, 0.717) is 0 Å². The lowest BCUT2D eigenvalue weighted by atomic mass is 9.32. The second-order valence-corrected chi connectivity index (χ2v) is 17.5. The van der Waals surface area contributed by atoms with E-state index in [4.69, 9.17) is 0 Å². The van der Waals surface area contributed by atoms with Gasteiger partial charge in [0.2, 0.25) is 0 Å². The van der Waals surface area contributed by atoms with Gasteiger partial charge < -0.3 is 9.80 Å². The van der Waals surface area contributed by atoms with Gasteiger partial charge in [-0.3, -0.25) is 0 Å². The first-order valence-corrected chi connectivity index (χ1v) is 21.3. The van der Waals surface area contributed by atoms with Crippen LogP contribution in [0.15, 0.2) is 194 Å². The molecule has 0 atom stereocenters. The van der Waals surface area contributed by atoms with Crippen LogP contribution in [0, 0.1) is 6.92 Å². The molecule has 3 heteroatoms. The fourth-order valence-corrected chi connectivity index (χ4v) is 13.2. The summed E-state index contributed by atoms with van der Waals surface area (Å²) in [5.74, 6) is 0. The lowest BCUT2D eigenvalue weighted by Gasteiger charge is -2.53. The van der Waals surface area contributed by atoms with Crippen LogP contribution in [0.5, 0.6) is 0 Å². The summed E-state index contributed by atoms with van der Waals surface area (Å²) in [6.07, 6.45) is 0. The number of nitrogens with zero attached hydrogens (tertiary/aromatic N) is 2. The summed E-state index contributed by atoms with van der Waals surface area (Å²) < 4.78 is 0. The Morgan fingerprint density at radius 3 is 1.07 bits per heavy atom. The summed E-state index contributed by atoms with van der Waals surface area (Å²) in [5, 5.41) is 0. The van der Waals surface area contributed by atoms with Crippen molar-refractivity contribution in [1.29, 1.82) is 0 Å². The molecule has 6 aliphatic rings. The Morgan fingerprint density at radius 1 is 0.333 bits per heavy atom. The number of hydrogen-bond acceptors (Lipinski definition) is 2. The van der Waals surface area contributed by atoms with Crippen molar-refractivity contribution < 1.29 is 0 Å². The Kier molecular flexibility index (Phi) is 5.60. The minimum Gasteiger partial charge on any atom is -0.311 e. The molecule has 2 nitrogen and oxygen atoms in total. The molecular formula is C57H35BN2. The van der Waals surface area contributed by atoms with Crippen molar-refractivity contribution >= 4 is 57.2 Å². The van der Waals surface area contributed by atoms with Crippen LogP contribution in [0.4, 0.5) is 34.1 Å². The summed E-state index contributed by atoms with van der Waals surface area (Å²) in [6.45, 7) is 2.31. The van der Waals surface area contributed by atoms with Crippen LogP contribution in [0.3, 0.4) is 0 Å². The zero-order chi connectivity index (χ0) is 39.1. The first-order valence-electron chi connectivity index (χ1n) is 21.3. The molecule has 0 amide bonds. The number of anilines is 6. The van der Waals surface area contributed by atoms with Gasteiger partial charge in [0.1, 0.15) is 0 Å². The van der Waals surface area contributed by atoms with E-state index in [0.717, 1.165) is 0 Å². The Morgan fingerprint density at radius 2 is 0.667 bits per heavy atom. The van der Waals surface area contributed by atoms with Crippen LogP contribution in [-0.4, -0.2) is 6.71 Å². The van der Waals surface area contributed by atoms with Crippen molar-refractivity contribution in [2.24, 2.45) is 0 Å². The first-order chi connectivity index (χ1) is 29.7. The molecule has 0 unspecified atom stereocenters. The molecule has 0 saturated carbocycles. The maximum absolute atomic E-state index is 2.65. The summed E-state index contributed by atoms with van der Waals surface area (Å²) in [5.41, 5.74) is 28.3. The highest BCUT2D eigenvalue weighted by Crippen LogP contribution is 2.66. The number of benzene rings is 9. The zero-order valence-electron chi connectivity index (χ0n) is 32.9. The van der Waals surface area contributed by atoms with Crippen molar-refractivity contribution in [3.05, 3.63) is 244 Å². The van der Waals surface area contributed by atoms with Gasteiger partial charge in [-0.25, -0.2) is 0 Å². The molecule has 15 rings (SSSR count). The van der Waals surface area contributed by atoms with E-state index in [2.05, 4.69) is 211 Å². The van der Waals surface area contributed by atoms with E-state index in [9.17, 15) is 0 Å². The third-order valence-electron chi connectivity index (χ3n) is 15.1. The van der Waals surface area contributed by atoms with E-state index < -0.39 is 10.8 Å². The molecule has 4 aliphatic heterocycles. The van der Waals surface area contributed by atoms with Crippen LogP contribution in [-0.2, 0) is 10.8 Å². The maximum Gasteiger partial charge on any atom is 0.252 e. The second kappa shape index (κ2) is 10.6. The standard InChI is InChI=1S/C57H35BN2/c1-34-32-51-53-52(33-34)60-50-31-13-11-25-44(50)57(41-22-8-4-18-37(41)38-19-5-9-23-42(38)57)46-27-15-29-48(55(46)60)58(53)47-28-14-26-45-54(47)59(51)49-30-12-10-24-43(49)56(45)39-20-6-2-16-35(39)36-17-3-7-21-40(36)56/h2-33H,1H3. The van der Waals surface area contributed by atoms with Gasteiger partial charge in [-0.1, -0.05) is 170 Å². The zero-order valence-corrected chi connectivity index (χ0v) is 32.9. The third kappa shape index (κ3) is 3.29. The van der Waals surface area contributed by atoms with E-state index in [1.807, 2.05) is 0 Å². The van der Waals surface area contributed by atoms with Crippen LogP contribution >= 0.6 is 0 Å². The average Bonchev–Trinajstić information content (AvgIpc) is 3.76. The number of hydrogen-bond donors (Lipinski definition) is 0. The molecule has 0 radical (unpaired) electrons. The van der Waals surface area contributed by atoms with Gasteiger partial charge in [0.25, 0.3) is 6.71 Å². The van der Waals surface area contributed by atoms with Crippen molar-refractivity contribution in [2.45, 2.75) is 17.8 Å². The summed E-state index contributed by atoms with van der Waals surface area (Å²) in [7, 11) is 0. The van der Waals surface area contributed by atoms with Crippen LogP contribution in [0.1, 0.15) is 50.1 Å². The molecule has 0 aromatic heterocycles. The highest BCUT2D eigenvalue weighted by molar-refractivity contribution is 7.00. The Labute approximate surface area is 349 Å². The van der Waals surface area contributed by atoms with Gasteiger partial charge in [0, 0.05) is 22.7 Å². The molecule has 0 fully saturated rings. The van der Waals surface area contributed by atoms with Gasteiger partial charge in [-0.05, 0) is 120 Å². The van der Waals surface area contributed by atoms with Crippen molar-refractivity contribution in [3.63, 3.8) is 0 Å². The molecule has 2 aliphatic carbocycles. The summed E-state index contributed by atoms with van der Waals surface area (Å²) in [6, 6.07) is 74.6. The third-order valence-corrected chi connectivity index (χ3v) is 15.1. The van der Waals surface area contributed by atoms with Crippen molar-refractivity contribution in [1.82, 2.24) is 0 Å². The Hall–Kier alpha value is -7.36. The number of para-hydroxylation sites is 4. The topological polar surface area (TPSA) is 6.48 Å². The summed E-state index contributed by atoms with van der Waals surface area (Å²) in [4.78, 5) is 5.29. The van der Waals surface area contributed by atoms with E-state index >= 15 is 0 Å². The highest BCUT2D eigenvalue weighted by Gasteiger charge is 2.58. The minimum absolute atomic E-state index is 0.0244. The number of fused-ring (bicyclic) bond motifs is 22. The van der Waals surface area contributed by atoms with Crippen molar-refractivity contribution in [3.8, 4) is 22.3 Å². The highest BCUT2D eigenvalue weighted by atomic mass is 15.2. The van der Waals surface area contributed by atoms with Gasteiger partial charge in [-0.15, -0.1) is 0 Å². The van der Waals surface area contributed by atoms with E-state index in [1.54, 1.807) is 0 Å². The monoisotopic (exact) mass is 758 g/mol. The predicted molar refractivity (Wildman–Crippen MR) is 247 cm³/mol. The Balaban J connectivity index is 1.10. The smallest absolute Gasteiger partial charge is 0.252 e. The molecule has 60 heavy (non-hydrogen) atoms. The normalized spacial score (nSPS) is 15.9. The molecule has 0 N–H and O–H groups in total. The second-order valence-electron chi connectivity index (χ2n) is 17.5. The number of rotatable bonds is 0. The SMILES string of the molecule is Cc1cc2c3c(c1)N1c4ccccc4C4(c5ccccc5-c5ccccc54)c4cccc(c41)B3c1cccc3c1N2c1ccccc1C31c2ccccc2-c2ccccc21. The van der Waals surface area contributed by atoms with Crippen LogP contribution in [0.25, 0.3) is 22.3 Å². The van der Waals surface area contributed by atoms with Gasteiger partial charge in [0.05, 0.1) is 22.2 Å². The molecule has 0 saturated heterocycles. The first kappa shape index (κ1) is 31.6. The van der Waals surface area contributed by atoms with Crippen molar-refractivity contribution in [2.75, 3.05) is 9.80 Å². The maximum atomic E-state index is 2.65. The minimum atomic E-state index is -0.465. The molecular weight excluding hydrogens is 723 g/mol. The fourth-order valence-electron chi connectivity index (χ4n) is 13.2. The van der Waals surface area contributed by atoms with Gasteiger partial charge in [0.15, 0.2) is 0 Å². The lowest BCUT2D eigenvalue weighted by molar-refractivity contribution is 0.752. The van der Waals surface area contributed by atoms with Crippen LogP contribution in [0.2, 0.25) is 0 Å². The van der Waals surface area contributed by atoms with E-state index in [1.165, 1.54) is 123 Å². The molecule has 4 heterocycles. The quantitative estimate of drug-likeness (QED) is 0.142. The average molecular weight is 759 g/mol. The molecule has 276 valence electrons. The summed E-state index contributed by atoms with van der Waals surface area (Å²) >= 11 is 0. The lowest BCUT2D eigenvalue weighted by Crippen LogP contribution is -2.63. The Bertz CT molecular complexity index is 3140. The van der Waals surface area contributed by atoms with Gasteiger partial charge in [-0.2, -0.15) is 0 Å². The van der Waals surface area contributed by atoms with E-state index in [-0.39, 0.29) is 6.71 Å². The molecule has 2 spiro atoms. The molecule has 0 bridgehead atoms. The van der Waals surface area contributed by atoms with Gasteiger partial charge >= 0.3 is 0 Å². The predicted octanol–water partition coefficient (Wildman–Crippen LogP) is 11.4.